The first kappa shape index (κ1) is 16.4. The molecule has 0 spiro atoms. The number of carbonyl (C=O) groups is 1. The molecule has 0 saturated heterocycles. The summed E-state index contributed by atoms with van der Waals surface area (Å²) in [6.07, 6.45) is 0. The molecule has 1 rings (SSSR count). The van der Waals surface area contributed by atoms with Gasteiger partial charge in [0.05, 0.1) is 0 Å². The van der Waals surface area contributed by atoms with Gasteiger partial charge in [-0.25, -0.2) is 4.39 Å². The van der Waals surface area contributed by atoms with E-state index in [0.29, 0.717) is 17.8 Å². The molecule has 0 aliphatic carbocycles. The lowest BCUT2D eigenvalue weighted by Crippen LogP contribution is -2.40. The molecule has 20 heavy (non-hydrogen) atoms. The van der Waals surface area contributed by atoms with Crippen molar-refractivity contribution < 1.29 is 9.18 Å². The normalized spacial score (nSPS) is 11.8. The molecule has 0 heterocycles. The molecule has 0 unspecified atom stereocenters. The van der Waals surface area contributed by atoms with Crippen LogP contribution >= 0.6 is 0 Å². The Morgan fingerprint density at radius 3 is 2.50 bits per heavy atom. The van der Waals surface area contributed by atoms with Crippen molar-refractivity contribution >= 4 is 11.6 Å². The third-order valence-electron chi connectivity index (χ3n) is 3.12. The number of benzene rings is 1. The molecule has 5 heteroatoms. The third-order valence-corrected chi connectivity index (χ3v) is 3.12. The van der Waals surface area contributed by atoms with Gasteiger partial charge < -0.3 is 16.0 Å². The molecule has 0 bridgehead atoms. The number of nitrogens with two attached hydrogens (primary N) is 1. The van der Waals surface area contributed by atoms with Crippen LogP contribution in [0, 0.1) is 18.2 Å². The molecule has 1 aromatic carbocycles. The monoisotopic (exact) mass is 281 g/mol. The lowest BCUT2D eigenvalue weighted by molar-refractivity contribution is 0.0929. The summed E-state index contributed by atoms with van der Waals surface area (Å²) in [7, 11) is 3.97. The van der Waals surface area contributed by atoms with Gasteiger partial charge in [0.2, 0.25) is 0 Å². The van der Waals surface area contributed by atoms with Gasteiger partial charge >= 0.3 is 0 Å². The molecule has 0 aliphatic heterocycles. The number of nitrogens with one attached hydrogen (secondary N) is 1. The minimum Gasteiger partial charge on any atom is -0.398 e. The van der Waals surface area contributed by atoms with Crippen molar-refractivity contribution in [3.05, 3.63) is 29.1 Å². The second-order valence-corrected chi connectivity index (χ2v) is 6.26. The summed E-state index contributed by atoms with van der Waals surface area (Å²) in [5.74, 6) is -0.759. The van der Waals surface area contributed by atoms with E-state index in [2.05, 4.69) is 24.1 Å². The Labute approximate surface area is 120 Å². The van der Waals surface area contributed by atoms with Crippen molar-refractivity contribution in [3.63, 3.8) is 0 Å². The average Bonchev–Trinajstić information content (AvgIpc) is 2.31. The third kappa shape index (κ3) is 4.49. The lowest BCUT2D eigenvalue weighted by Gasteiger charge is -2.28. The minimum atomic E-state index is -0.456. The molecule has 0 fully saturated rings. The van der Waals surface area contributed by atoms with E-state index in [1.807, 2.05) is 14.1 Å². The number of carbonyl (C=O) groups excluding carboxylic acids is 1. The van der Waals surface area contributed by atoms with Crippen LogP contribution in [-0.2, 0) is 0 Å². The fraction of sp³-hybridized carbons (Fsp3) is 0.533. The second-order valence-electron chi connectivity index (χ2n) is 6.26. The molecule has 0 saturated carbocycles. The molecule has 1 amide bonds. The van der Waals surface area contributed by atoms with Gasteiger partial charge in [0.15, 0.2) is 0 Å². The Bertz CT molecular complexity index is 475. The summed E-state index contributed by atoms with van der Waals surface area (Å²) in [5.41, 5.74) is 6.54. The largest absolute Gasteiger partial charge is 0.398 e. The Morgan fingerprint density at radius 2 is 2.00 bits per heavy atom. The van der Waals surface area contributed by atoms with E-state index in [1.165, 1.54) is 12.1 Å². The first-order valence-electron chi connectivity index (χ1n) is 6.61. The average molecular weight is 281 g/mol. The second kappa shape index (κ2) is 6.22. The molecule has 3 N–H and O–H groups in total. The Balaban J connectivity index is 2.73. The van der Waals surface area contributed by atoms with E-state index in [0.717, 1.165) is 6.54 Å². The highest BCUT2D eigenvalue weighted by atomic mass is 19.1. The van der Waals surface area contributed by atoms with Gasteiger partial charge in [-0.1, -0.05) is 13.8 Å². The van der Waals surface area contributed by atoms with Crippen LogP contribution in [0.4, 0.5) is 10.1 Å². The lowest BCUT2D eigenvalue weighted by atomic mass is 9.93. The zero-order valence-electron chi connectivity index (χ0n) is 12.9. The van der Waals surface area contributed by atoms with Gasteiger partial charge in [-0.3, -0.25) is 4.79 Å². The number of nitrogens with zero attached hydrogens (tertiary/aromatic N) is 1. The number of nitrogen functional groups attached to an aromatic ring is 1. The van der Waals surface area contributed by atoms with Gasteiger partial charge in [0.25, 0.3) is 5.91 Å². The van der Waals surface area contributed by atoms with Crippen molar-refractivity contribution in [1.29, 1.82) is 0 Å². The molecular weight excluding hydrogens is 257 g/mol. The quantitative estimate of drug-likeness (QED) is 0.812. The van der Waals surface area contributed by atoms with E-state index < -0.39 is 5.82 Å². The number of hydrogen-bond donors (Lipinski definition) is 2. The standard InChI is InChI=1S/C15H24FN3O/c1-10-12(16)6-11(7-13(10)17)14(20)18-8-15(2,3)9-19(4)5/h6-7H,8-9,17H2,1-5H3,(H,18,20). The Kier molecular flexibility index (Phi) is 5.11. The number of rotatable bonds is 5. The smallest absolute Gasteiger partial charge is 0.251 e. The molecule has 0 atom stereocenters. The van der Waals surface area contributed by atoms with Crippen LogP contribution in [0.1, 0.15) is 29.8 Å². The first-order valence-corrected chi connectivity index (χ1v) is 6.61. The van der Waals surface area contributed by atoms with Crippen LogP contribution in [0.5, 0.6) is 0 Å². The summed E-state index contributed by atoms with van der Waals surface area (Å²) in [5, 5.41) is 2.83. The maximum absolute atomic E-state index is 13.6. The van der Waals surface area contributed by atoms with Gasteiger partial charge in [-0.05, 0) is 38.6 Å². The summed E-state index contributed by atoms with van der Waals surface area (Å²) < 4.78 is 13.6. The topological polar surface area (TPSA) is 58.4 Å². The fourth-order valence-corrected chi connectivity index (χ4v) is 2.16. The van der Waals surface area contributed by atoms with Crippen LogP contribution in [-0.4, -0.2) is 38.0 Å². The number of hydrogen-bond acceptors (Lipinski definition) is 3. The van der Waals surface area contributed by atoms with Crippen molar-refractivity contribution in [1.82, 2.24) is 10.2 Å². The number of halogens is 1. The SMILES string of the molecule is Cc1c(N)cc(C(=O)NCC(C)(C)CN(C)C)cc1F. The molecule has 4 nitrogen and oxygen atoms in total. The van der Waals surface area contributed by atoms with Crippen LogP contribution in [0.15, 0.2) is 12.1 Å². The highest BCUT2D eigenvalue weighted by Gasteiger charge is 2.20. The van der Waals surface area contributed by atoms with Crippen LogP contribution in [0.3, 0.4) is 0 Å². The summed E-state index contributed by atoms with van der Waals surface area (Å²) in [4.78, 5) is 14.1. The van der Waals surface area contributed by atoms with Crippen LogP contribution in [0.25, 0.3) is 0 Å². The van der Waals surface area contributed by atoms with Gasteiger partial charge in [-0.2, -0.15) is 0 Å². The molecule has 0 aliphatic rings. The Hall–Kier alpha value is -1.62. The Morgan fingerprint density at radius 1 is 1.40 bits per heavy atom. The number of amides is 1. The zero-order chi connectivity index (χ0) is 15.5. The molecular formula is C15H24FN3O. The zero-order valence-corrected chi connectivity index (χ0v) is 12.9. The predicted molar refractivity (Wildman–Crippen MR) is 80.2 cm³/mol. The first-order chi connectivity index (χ1) is 9.12. The van der Waals surface area contributed by atoms with Gasteiger partial charge in [-0.15, -0.1) is 0 Å². The maximum Gasteiger partial charge on any atom is 0.251 e. The summed E-state index contributed by atoms with van der Waals surface area (Å²) in [6, 6.07) is 2.73. The molecule has 112 valence electrons. The fourth-order valence-electron chi connectivity index (χ4n) is 2.16. The summed E-state index contributed by atoms with van der Waals surface area (Å²) >= 11 is 0. The van der Waals surface area contributed by atoms with E-state index >= 15 is 0 Å². The van der Waals surface area contributed by atoms with Gasteiger partial charge in [0, 0.05) is 29.9 Å². The van der Waals surface area contributed by atoms with E-state index in [1.54, 1.807) is 6.92 Å². The minimum absolute atomic E-state index is 0.0616. The predicted octanol–water partition coefficient (Wildman–Crippen LogP) is 2.03. The highest BCUT2D eigenvalue weighted by Crippen LogP contribution is 2.18. The molecule has 1 aromatic rings. The van der Waals surface area contributed by atoms with E-state index in [4.69, 9.17) is 5.73 Å². The van der Waals surface area contributed by atoms with E-state index in [-0.39, 0.29) is 16.9 Å². The van der Waals surface area contributed by atoms with Crippen molar-refractivity contribution in [2.75, 3.05) is 32.9 Å². The molecule has 0 radical (unpaired) electrons. The van der Waals surface area contributed by atoms with Crippen LogP contribution < -0.4 is 11.1 Å². The maximum atomic E-state index is 13.6. The molecule has 0 aromatic heterocycles. The van der Waals surface area contributed by atoms with Crippen molar-refractivity contribution in [3.8, 4) is 0 Å². The number of anilines is 1. The van der Waals surface area contributed by atoms with Crippen molar-refractivity contribution in [2.24, 2.45) is 5.41 Å². The van der Waals surface area contributed by atoms with Crippen molar-refractivity contribution in [2.45, 2.75) is 20.8 Å². The van der Waals surface area contributed by atoms with Crippen LogP contribution in [0.2, 0.25) is 0 Å². The van der Waals surface area contributed by atoms with E-state index in [9.17, 15) is 9.18 Å². The summed E-state index contributed by atoms with van der Waals surface area (Å²) in [6.45, 7) is 7.08. The highest BCUT2D eigenvalue weighted by molar-refractivity contribution is 5.95. The van der Waals surface area contributed by atoms with Gasteiger partial charge in [0.1, 0.15) is 5.82 Å².